The molecule has 150 valence electrons. The number of nitrogens with one attached hydrogen (secondary N) is 1. The van der Waals surface area contributed by atoms with Crippen LogP contribution in [-0.4, -0.2) is 43.0 Å². The molecule has 0 aliphatic rings. The summed E-state index contributed by atoms with van der Waals surface area (Å²) < 4.78 is 40.0. The van der Waals surface area contributed by atoms with E-state index < -0.39 is 25.0 Å². The van der Waals surface area contributed by atoms with Crippen molar-refractivity contribution in [3.8, 4) is 22.3 Å². The second kappa shape index (κ2) is 7.32. The number of carbonyl (C=O) groups excluding carboxylic acids is 1. The number of aryl methyl sites for hydroxylation is 1. The minimum Gasteiger partial charge on any atom is -0.351 e. The van der Waals surface area contributed by atoms with Crippen LogP contribution in [0.15, 0.2) is 42.4 Å². The van der Waals surface area contributed by atoms with Crippen molar-refractivity contribution in [2.75, 3.05) is 6.54 Å². The van der Waals surface area contributed by atoms with Crippen molar-refractivity contribution < 1.29 is 18.0 Å². The van der Waals surface area contributed by atoms with Gasteiger partial charge in [-0.3, -0.25) is 9.48 Å². The number of thiophene rings is 1. The highest BCUT2D eigenvalue weighted by Crippen LogP contribution is 2.29. The lowest BCUT2D eigenvalue weighted by Gasteiger charge is -2.06. The van der Waals surface area contributed by atoms with Crippen molar-refractivity contribution in [3.63, 3.8) is 0 Å². The molecule has 0 atom stereocenters. The quantitative estimate of drug-likeness (QED) is 0.536. The van der Waals surface area contributed by atoms with Gasteiger partial charge in [0.15, 0.2) is 5.65 Å². The first-order chi connectivity index (χ1) is 13.8. The molecule has 0 fully saturated rings. The Hall–Kier alpha value is -3.21. The van der Waals surface area contributed by atoms with Gasteiger partial charge in [0.2, 0.25) is 0 Å². The number of rotatable bonds is 5. The number of alkyl halides is 3. The highest BCUT2D eigenvalue weighted by Gasteiger charge is 2.26. The van der Waals surface area contributed by atoms with Gasteiger partial charge in [-0.25, -0.2) is 9.50 Å². The number of halogens is 3. The summed E-state index contributed by atoms with van der Waals surface area (Å²) in [5.74, 6) is -0.534. The number of fused-ring (bicyclic) bond motifs is 1. The van der Waals surface area contributed by atoms with E-state index in [1.54, 1.807) is 39.2 Å². The minimum absolute atomic E-state index is 0.327. The molecule has 0 radical (unpaired) electrons. The third-order valence-electron chi connectivity index (χ3n) is 4.22. The van der Waals surface area contributed by atoms with E-state index >= 15 is 0 Å². The summed E-state index contributed by atoms with van der Waals surface area (Å²) in [4.78, 5) is 16.9. The average Bonchev–Trinajstić information content (AvgIpc) is 3.38. The maximum atomic E-state index is 12.2. The molecule has 0 spiro atoms. The molecule has 4 aromatic heterocycles. The van der Waals surface area contributed by atoms with E-state index in [1.165, 1.54) is 0 Å². The van der Waals surface area contributed by atoms with Gasteiger partial charge in [-0.2, -0.15) is 23.4 Å². The summed E-state index contributed by atoms with van der Waals surface area (Å²) in [5, 5.41) is 12.5. The average molecular weight is 420 g/mol. The fraction of sp³-hybridized carbons (Fsp3) is 0.222. The van der Waals surface area contributed by atoms with E-state index in [9.17, 15) is 18.0 Å². The number of hydrogen-bond acceptors (Lipinski definition) is 5. The molecule has 0 aromatic carbocycles. The lowest BCUT2D eigenvalue weighted by Crippen LogP contribution is -2.27. The van der Waals surface area contributed by atoms with Gasteiger partial charge in [0.05, 0.1) is 23.7 Å². The molecule has 4 aromatic rings. The van der Waals surface area contributed by atoms with Gasteiger partial charge in [-0.15, -0.1) is 11.3 Å². The van der Waals surface area contributed by atoms with Crippen molar-refractivity contribution in [2.45, 2.75) is 12.6 Å². The topological polar surface area (TPSA) is 77.1 Å². The van der Waals surface area contributed by atoms with E-state index in [1.807, 2.05) is 19.4 Å². The smallest absolute Gasteiger partial charge is 0.351 e. The SMILES string of the molecule is Cn1cc(-c2cnc3c(-c4csc(C(=O)NCCC(F)(F)F)c4)cnn3c2)cn1. The van der Waals surface area contributed by atoms with Crippen molar-refractivity contribution in [1.82, 2.24) is 29.7 Å². The van der Waals surface area contributed by atoms with Crippen LogP contribution in [-0.2, 0) is 7.05 Å². The van der Waals surface area contributed by atoms with E-state index in [0.717, 1.165) is 33.6 Å². The Bertz CT molecular complexity index is 1180. The normalized spacial score (nSPS) is 11.9. The van der Waals surface area contributed by atoms with Gasteiger partial charge in [-0.1, -0.05) is 0 Å². The molecule has 0 unspecified atom stereocenters. The fourth-order valence-electron chi connectivity index (χ4n) is 2.80. The molecule has 11 heteroatoms. The van der Waals surface area contributed by atoms with Crippen molar-refractivity contribution in [2.24, 2.45) is 7.05 Å². The minimum atomic E-state index is -4.30. The first-order valence-corrected chi connectivity index (χ1v) is 9.44. The second-order valence-corrected chi connectivity index (χ2v) is 7.30. The zero-order valence-electron chi connectivity index (χ0n) is 15.1. The summed E-state index contributed by atoms with van der Waals surface area (Å²) in [6, 6.07) is 1.63. The molecule has 0 saturated carbocycles. The summed E-state index contributed by atoms with van der Waals surface area (Å²) >= 11 is 1.16. The summed E-state index contributed by atoms with van der Waals surface area (Å²) in [6.45, 7) is -0.453. The van der Waals surface area contributed by atoms with Crippen LogP contribution in [0.2, 0.25) is 0 Å². The van der Waals surface area contributed by atoms with Crippen molar-refractivity contribution >= 4 is 22.9 Å². The monoisotopic (exact) mass is 420 g/mol. The molecule has 7 nitrogen and oxygen atoms in total. The highest BCUT2D eigenvalue weighted by atomic mass is 32.1. The fourth-order valence-corrected chi connectivity index (χ4v) is 3.62. The lowest BCUT2D eigenvalue weighted by atomic mass is 10.1. The Morgan fingerprint density at radius 3 is 2.66 bits per heavy atom. The van der Waals surface area contributed by atoms with E-state index in [4.69, 9.17) is 0 Å². The van der Waals surface area contributed by atoms with Crippen LogP contribution < -0.4 is 5.32 Å². The molecular weight excluding hydrogens is 405 g/mol. The van der Waals surface area contributed by atoms with Gasteiger partial charge in [-0.05, 0) is 17.0 Å². The van der Waals surface area contributed by atoms with Gasteiger partial charge >= 0.3 is 6.18 Å². The Balaban J connectivity index is 1.54. The third-order valence-corrected chi connectivity index (χ3v) is 5.15. The number of amides is 1. The molecule has 1 amide bonds. The van der Waals surface area contributed by atoms with Crippen molar-refractivity contribution in [3.05, 3.63) is 47.3 Å². The first kappa shape index (κ1) is 19.1. The molecule has 1 N–H and O–H groups in total. The number of carbonyl (C=O) groups is 1. The van der Waals surface area contributed by atoms with Crippen LogP contribution in [0, 0.1) is 0 Å². The molecule has 4 heterocycles. The lowest BCUT2D eigenvalue weighted by molar-refractivity contribution is -0.132. The molecule has 0 bridgehead atoms. The summed E-state index contributed by atoms with van der Waals surface area (Å²) in [7, 11) is 1.83. The third kappa shape index (κ3) is 4.14. The van der Waals surface area contributed by atoms with Crippen LogP contribution in [0.25, 0.3) is 27.9 Å². The molecule has 4 rings (SSSR count). The number of aromatic nitrogens is 5. The molecule has 0 saturated heterocycles. The standard InChI is InChI=1S/C18H15F3N6OS/c1-26-8-13(6-24-26)12-5-23-16-14(7-25-27(16)9-12)11-4-15(29-10-11)17(28)22-3-2-18(19,20)21/h4-10H,2-3H2,1H3,(H,22,28). The van der Waals surface area contributed by atoms with Gasteiger partial charge < -0.3 is 5.32 Å². The van der Waals surface area contributed by atoms with E-state index in [0.29, 0.717) is 10.5 Å². The predicted molar refractivity (Wildman–Crippen MR) is 102 cm³/mol. The highest BCUT2D eigenvalue weighted by molar-refractivity contribution is 7.12. The molecule has 0 aliphatic carbocycles. The summed E-state index contributed by atoms with van der Waals surface area (Å²) in [6.07, 6.45) is 3.43. The van der Waals surface area contributed by atoms with E-state index in [-0.39, 0.29) is 0 Å². The Morgan fingerprint density at radius 1 is 1.14 bits per heavy atom. The molecule has 0 aliphatic heterocycles. The Morgan fingerprint density at radius 2 is 1.93 bits per heavy atom. The number of hydrogen-bond donors (Lipinski definition) is 1. The zero-order chi connectivity index (χ0) is 20.6. The van der Waals surface area contributed by atoms with Crippen LogP contribution in [0.1, 0.15) is 16.1 Å². The van der Waals surface area contributed by atoms with Crippen LogP contribution in [0.5, 0.6) is 0 Å². The predicted octanol–water partition coefficient (Wildman–Crippen LogP) is 3.54. The van der Waals surface area contributed by atoms with Crippen LogP contribution in [0.4, 0.5) is 13.2 Å². The molecular formula is C18H15F3N6OS. The molecule has 29 heavy (non-hydrogen) atoms. The van der Waals surface area contributed by atoms with Crippen LogP contribution >= 0.6 is 11.3 Å². The first-order valence-electron chi connectivity index (χ1n) is 8.56. The summed E-state index contributed by atoms with van der Waals surface area (Å²) in [5.41, 5.74) is 3.84. The Labute approximate surface area is 166 Å². The van der Waals surface area contributed by atoms with Gasteiger partial charge in [0, 0.05) is 48.9 Å². The second-order valence-electron chi connectivity index (χ2n) is 6.39. The maximum absolute atomic E-state index is 12.2. The van der Waals surface area contributed by atoms with Crippen molar-refractivity contribution in [1.29, 1.82) is 0 Å². The zero-order valence-corrected chi connectivity index (χ0v) is 16.0. The van der Waals surface area contributed by atoms with E-state index in [2.05, 4.69) is 20.5 Å². The number of nitrogens with zero attached hydrogens (tertiary/aromatic N) is 5. The Kier molecular flexibility index (Phi) is 4.82. The van der Waals surface area contributed by atoms with Gasteiger partial charge in [0.25, 0.3) is 5.91 Å². The van der Waals surface area contributed by atoms with Gasteiger partial charge in [0.1, 0.15) is 0 Å². The largest absolute Gasteiger partial charge is 0.390 e. The maximum Gasteiger partial charge on any atom is 0.390 e. The van der Waals surface area contributed by atoms with Crippen LogP contribution in [0.3, 0.4) is 0 Å².